The number of carboxylic acids is 4. The molecule has 0 rings (SSSR count). The largest absolute Gasteiger partial charge is 0.481 e. The van der Waals surface area contributed by atoms with Crippen LogP contribution in [0.1, 0.15) is 175 Å². The molecule has 0 heterocycles. The second-order valence-corrected chi connectivity index (χ2v) is 16.9. The van der Waals surface area contributed by atoms with Crippen LogP contribution >= 0.6 is 0 Å². The summed E-state index contributed by atoms with van der Waals surface area (Å²) >= 11 is 0. The van der Waals surface area contributed by atoms with Crippen molar-refractivity contribution in [3.8, 4) is 0 Å². The van der Waals surface area contributed by atoms with Crippen LogP contribution < -0.4 is 26.5 Å². The van der Waals surface area contributed by atoms with E-state index < -0.39 is 36.0 Å². The summed E-state index contributed by atoms with van der Waals surface area (Å²) < 4.78 is 21.0. The molecule has 2 radical (unpaired) electrons. The van der Waals surface area contributed by atoms with Gasteiger partial charge in [0.2, 0.25) is 17.7 Å². The van der Waals surface area contributed by atoms with E-state index in [1.54, 1.807) is 13.8 Å². The Morgan fingerprint density at radius 2 is 0.861 bits per heavy atom. The number of carboxylic acid groups (broad SMARTS) is 4. The fourth-order valence-corrected chi connectivity index (χ4v) is 6.11. The number of nitrogens with one attached hydrogen (secondary N) is 5. The van der Waals surface area contributed by atoms with Gasteiger partial charge in [0.25, 0.3) is 0 Å². The summed E-state index contributed by atoms with van der Waals surface area (Å²) in [6.45, 7) is 9.39. The summed E-state index contributed by atoms with van der Waals surface area (Å²) in [5, 5.41) is 47.1. The smallest absolute Gasteiger partial charge is 0.320 e. The number of hydrogen-bond donors (Lipinski definition) is 9. The van der Waals surface area contributed by atoms with E-state index in [-0.39, 0.29) is 102 Å². The topological polar surface area (TPSA) is 315 Å². The second kappa shape index (κ2) is 59.3. The Hall–Kier alpha value is -4.22. The predicted molar refractivity (Wildman–Crippen MR) is 277 cm³/mol. The molecular weight excluding hydrogens is 937 g/mol. The molecule has 0 aliphatic carbocycles. The second-order valence-electron chi connectivity index (χ2n) is 16.9. The van der Waals surface area contributed by atoms with E-state index in [0.717, 1.165) is 32.0 Å². The first-order valence-electron chi connectivity index (χ1n) is 26.2. The maximum Gasteiger partial charge on any atom is 0.320 e. The van der Waals surface area contributed by atoms with Gasteiger partial charge in [-0.15, -0.1) is 0 Å². The molecule has 21 nitrogen and oxygen atoms in total. The molecule has 0 aliphatic heterocycles. The zero-order valence-electron chi connectivity index (χ0n) is 44.6. The van der Waals surface area contributed by atoms with Crippen LogP contribution in [0.4, 0.5) is 0 Å². The van der Waals surface area contributed by atoms with E-state index in [1.807, 2.05) is 13.8 Å². The number of unbranched alkanes of at least 4 members (excludes halogenated alkanes) is 17. The first kappa shape index (κ1) is 74.3. The van der Waals surface area contributed by atoms with Crippen molar-refractivity contribution in [2.75, 3.05) is 79.5 Å². The lowest BCUT2D eigenvalue weighted by atomic mass is 10.0. The number of carbonyl (C=O) groups is 8. The maximum atomic E-state index is 11.7. The van der Waals surface area contributed by atoms with Gasteiger partial charge in [-0.25, -0.2) is 0 Å². The SMILES string of the molecule is CC.CC(C)C(=O)O.O=CCCCCCCCCCCCCCCCCCCC(=O)O.[B]NC(CCCCNC(=O)COCCOCCNC(=O)COCCOCCNC(=O)CCC(NC)C(=O)O)C(=O)O. The highest BCUT2D eigenvalue weighted by Gasteiger charge is 2.16. The average molecular weight is 1030 g/mol. The van der Waals surface area contributed by atoms with E-state index in [1.165, 1.54) is 90.5 Å². The number of aliphatic carboxylic acids is 4. The molecule has 3 amide bonds. The van der Waals surface area contributed by atoms with Crippen LogP contribution in [-0.4, -0.2) is 168 Å². The van der Waals surface area contributed by atoms with Gasteiger partial charge >= 0.3 is 23.9 Å². The number of rotatable bonds is 48. The third-order valence-corrected chi connectivity index (χ3v) is 10.4. The van der Waals surface area contributed by atoms with Crippen LogP contribution in [0.15, 0.2) is 0 Å². The Bertz CT molecular complexity index is 1330. The summed E-state index contributed by atoms with van der Waals surface area (Å²) in [5.74, 6) is -4.52. The van der Waals surface area contributed by atoms with Gasteiger partial charge in [-0.2, -0.15) is 0 Å². The molecule has 0 aromatic carbocycles. The number of likely N-dealkylation sites (N-methyl/N-ethyl adjacent to an activating group) is 1. The van der Waals surface area contributed by atoms with E-state index in [2.05, 4.69) is 26.5 Å². The molecule has 9 N–H and O–H groups in total. The highest BCUT2D eigenvalue weighted by atomic mass is 16.5. The minimum absolute atomic E-state index is 0.0874. The van der Waals surface area contributed by atoms with Crippen molar-refractivity contribution in [2.45, 2.75) is 187 Å². The standard InChI is InChI=1S/C24H44BN5O11.C20H38O3.C4H8O2.C2H6/c1-26-18(23(34)35)5-6-20(31)28-8-10-38-12-15-41-17-22(33)29-9-11-39-13-14-40-16-21(32)27-7-3-2-4-19(30-25)24(36)37;21-19-17-15-13-11-9-7-5-3-1-2-4-6-8-10-12-14-16-18-20(22)23;1-3(2)4(5)6;1-2/h18-19,26,30H,2-17H2,1H3,(H,27,32)(H,28,31)(H,29,33)(H,34,35)(H,36,37);19H,1-18H2,(H,22,23);3H,1-2H3,(H,5,6);1-2H3. The van der Waals surface area contributed by atoms with E-state index >= 15 is 0 Å². The third kappa shape index (κ3) is 61.9. The molecule has 0 fully saturated rings. The maximum absolute atomic E-state index is 11.7. The van der Waals surface area contributed by atoms with Gasteiger partial charge in [0.1, 0.15) is 25.5 Å². The number of ether oxygens (including phenoxy) is 4. The van der Waals surface area contributed by atoms with Crippen LogP contribution in [0, 0.1) is 5.92 Å². The minimum Gasteiger partial charge on any atom is -0.481 e. The van der Waals surface area contributed by atoms with E-state index in [9.17, 15) is 38.4 Å². The molecule has 72 heavy (non-hydrogen) atoms. The average Bonchev–Trinajstić information content (AvgIpc) is 3.34. The Labute approximate surface area is 431 Å². The van der Waals surface area contributed by atoms with Gasteiger partial charge in [-0.05, 0) is 45.6 Å². The van der Waals surface area contributed by atoms with Crippen molar-refractivity contribution in [3.05, 3.63) is 0 Å². The fraction of sp³-hybridized carbons (Fsp3) is 0.840. The van der Waals surface area contributed by atoms with Crippen molar-refractivity contribution in [2.24, 2.45) is 5.92 Å². The van der Waals surface area contributed by atoms with Gasteiger partial charge < -0.3 is 70.7 Å². The molecule has 2 atom stereocenters. The number of hydrogen-bond acceptors (Lipinski definition) is 14. The lowest BCUT2D eigenvalue weighted by molar-refractivity contribution is -0.141. The van der Waals surface area contributed by atoms with Gasteiger partial charge in [0.15, 0.2) is 7.98 Å². The highest BCUT2D eigenvalue weighted by Crippen LogP contribution is 2.14. The Morgan fingerprint density at radius 3 is 1.24 bits per heavy atom. The van der Waals surface area contributed by atoms with Crippen molar-refractivity contribution in [1.29, 1.82) is 0 Å². The van der Waals surface area contributed by atoms with Crippen molar-refractivity contribution >= 4 is 55.9 Å². The molecular formula is C50H96BN5O16. The lowest BCUT2D eigenvalue weighted by Gasteiger charge is -2.11. The molecule has 0 saturated heterocycles. The van der Waals surface area contributed by atoms with Crippen LogP contribution in [-0.2, 0) is 57.3 Å². The van der Waals surface area contributed by atoms with Crippen LogP contribution in [0.5, 0.6) is 0 Å². The van der Waals surface area contributed by atoms with Crippen molar-refractivity contribution < 1.29 is 77.7 Å². The quantitative estimate of drug-likeness (QED) is 0.0215. The Balaban J connectivity index is -0.000000622. The summed E-state index contributed by atoms with van der Waals surface area (Å²) in [4.78, 5) is 87.0. The third-order valence-electron chi connectivity index (χ3n) is 10.4. The molecule has 0 spiro atoms. The minimum atomic E-state index is -1.02. The molecule has 420 valence electrons. The van der Waals surface area contributed by atoms with Gasteiger partial charge in [0, 0.05) is 38.9 Å². The zero-order chi connectivity index (χ0) is 54.9. The van der Waals surface area contributed by atoms with Crippen LogP contribution in [0.25, 0.3) is 0 Å². The number of amides is 3. The normalized spacial score (nSPS) is 11.3. The summed E-state index contributed by atoms with van der Waals surface area (Å²) in [6.07, 6.45) is 24.1. The van der Waals surface area contributed by atoms with Crippen molar-refractivity contribution in [1.82, 2.24) is 26.5 Å². The van der Waals surface area contributed by atoms with Gasteiger partial charge in [0.05, 0.1) is 51.6 Å². The lowest BCUT2D eigenvalue weighted by Crippen LogP contribution is -2.36. The molecule has 0 aromatic rings. The Kier molecular flexibility index (Phi) is 61.3. The molecule has 0 saturated carbocycles. The van der Waals surface area contributed by atoms with Gasteiger partial charge in [-0.3, -0.25) is 33.6 Å². The summed E-state index contributed by atoms with van der Waals surface area (Å²) in [7, 11) is 6.67. The summed E-state index contributed by atoms with van der Waals surface area (Å²) in [5.41, 5.74) is 0. The molecule has 22 heteroatoms. The predicted octanol–water partition coefficient (Wildman–Crippen LogP) is 5.20. The number of aldehydes is 1. The molecule has 0 aliphatic rings. The van der Waals surface area contributed by atoms with E-state index in [4.69, 9.17) is 47.4 Å². The fourth-order valence-electron chi connectivity index (χ4n) is 6.11. The first-order valence-corrected chi connectivity index (χ1v) is 26.2. The zero-order valence-corrected chi connectivity index (χ0v) is 44.6. The number of carbonyl (C=O) groups excluding carboxylic acids is 4. The van der Waals surface area contributed by atoms with Crippen LogP contribution in [0.3, 0.4) is 0 Å². The molecule has 2 unspecified atom stereocenters. The van der Waals surface area contributed by atoms with E-state index in [0.29, 0.717) is 32.2 Å². The molecule has 0 bridgehead atoms. The monoisotopic (exact) mass is 1030 g/mol. The Morgan fingerprint density at radius 1 is 0.472 bits per heavy atom. The van der Waals surface area contributed by atoms with Crippen LogP contribution in [0.2, 0.25) is 0 Å². The summed E-state index contributed by atoms with van der Waals surface area (Å²) in [6, 6.07) is -1.57. The first-order chi connectivity index (χ1) is 34.6. The van der Waals surface area contributed by atoms with Crippen molar-refractivity contribution in [3.63, 3.8) is 0 Å². The van der Waals surface area contributed by atoms with Gasteiger partial charge in [-0.1, -0.05) is 118 Å². The highest BCUT2D eigenvalue weighted by molar-refractivity contribution is 6.06. The molecule has 0 aromatic heterocycles.